The maximum absolute atomic E-state index is 12.5. The lowest BCUT2D eigenvalue weighted by Crippen LogP contribution is -2.41. The molecular formula is C31H46N2O5S. The lowest BCUT2D eigenvalue weighted by Gasteiger charge is -2.30. The fraction of sp³-hybridized carbons (Fsp3) is 0.548. The SMILES string of the molecule is CCC(COC(=O)C(C)(C)C)C(NC(=S)NCc1ccc(OCOC)c(OC)c1)c1ccc(C(C)(C)C)cc1. The van der Waals surface area contributed by atoms with E-state index in [1.807, 2.05) is 39.0 Å². The van der Waals surface area contributed by atoms with E-state index in [0.29, 0.717) is 29.8 Å². The number of nitrogens with one attached hydrogen (secondary N) is 2. The summed E-state index contributed by atoms with van der Waals surface area (Å²) in [5, 5.41) is 7.32. The summed E-state index contributed by atoms with van der Waals surface area (Å²) in [5.41, 5.74) is 2.82. The Morgan fingerprint density at radius 2 is 1.64 bits per heavy atom. The summed E-state index contributed by atoms with van der Waals surface area (Å²) in [5.74, 6) is 1.04. The number of hydrogen-bond acceptors (Lipinski definition) is 6. The summed E-state index contributed by atoms with van der Waals surface area (Å²) in [4.78, 5) is 12.5. The molecule has 8 heteroatoms. The van der Waals surface area contributed by atoms with Gasteiger partial charge in [0.15, 0.2) is 23.4 Å². The zero-order valence-electron chi connectivity index (χ0n) is 25.0. The predicted octanol–water partition coefficient (Wildman–Crippen LogP) is 6.30. The van der Waals surface area contributed by atoms with Crippen LogP contribution in [0.3, 0.4) is 0 Å². The highest BCUT2D eigenvalue weighted by molar-refractivity contribution is 7.80. The summed E-state index contributed by atoms with van der Waals surface area (Å²) in [6, 6.07) is 14.2. The fourth-order valence-corrected chi connectivity index (χ4v) is 4.15. The molecule has 2 atom stereocenters. The molecule has 2 aromatic carbocycles. The third-order valence-corrected chi connectivity index (χ3v) is 6.73. The molecule has 0 aliphatic heterocycles. The van der Waals surface area contributed by atoms with Gasteiger partial charge in [-0.3, -0.25) is 4.79 Å². The van der Waals surface area contributed by atoms with Crippen molar-refractivity contribution in [2.45, 2.75) is 72.9 Å². The Morgan fingerprint density at radius 3 is 2.18 bits per heavy atom. The molecule has 0 radical (unpaired) electrons. The lowest BCUT2D eigenvalue weighted by atomic mass is 9.84. The largest absolute Gasteiger partial charge is 0.493 e. The van der Waals surface area contributed by atoms with Gasteiger partial charge in [0, 0.05) is 19.6 Å². The molecule has 0 aliphatic rings. The van der Waals surface area contributed by atoms with Crippen molar-refractivity contribution < 1.29 is 23.7 Å². The topological polar surface area (TPSA) is 78.1 Å². The number of carbonyl (C=O) groups is 1. The van der Waals surface area contributed by atoms with Crippen molar-refractivity contribution in [3.63, 3.8) is 0 Å². The van der Waals surface area contributed by atoms with E-state index < -0.39 is 5.41 Å². The van der Waals surface area contributed by atoms with E-state index in [-0.39, 0.29) is 30.1 Å². The van der Waals surface area contributed by atoms with E-state index in [9.17, 15) is 4.79 Å². The van der Waals surface area contributed by atoms with Crippen molar-refractivity contribution in [1.29, 1.82) is 0 Å². The summed E-state index contributed by atoms with van der Waals surface area (Å²) < 4.78 is 21.7. The summed E-state index contributed by atoms with van der Waals surface area (Å²) in [6.45, 7) is 15.2. The smallest absolute Gasteiger partial charge is 0.311 e. The Balaban J connectivity index is 2.20. The van der Waals surface area contributed by atoms with Crippen LogP contribution in [0.15, 0.2) is 42.5 Å². The lowest BCUT2D eigenvalue weighted by molar-refractivity contribution is -0.154. The molecule has 0 spiro atoms. The third-order valence-electron chi connectivity index (χ3n) is 6.47. The van der Waals surface area contributed by atoms with Gasteiger partial charge in [0.1, 0.15) is 0 Å². The second-order valence-corrected chi connectivity index (χ2v) is 12.1. The molecule has 2 rings (SSSR count). The van der Waals surface area contributed by atoms with E-state index in [1.54, 1.807) is 14.2 Å². The number of thiocarbonyl (C=S) groups is 1. The highest BCUT2D eigenvalue weighted by atomic mass is 32.1. The van der Waals surface area contributed by atoms with E-state index in [0.717, 1.165) is 17.5 Å². The normalized spacial score (nSPS) is 13.3. The second kappa shape index (κ2) is 14.5. The first kappa shape index (κ1) is 32.4. The summed E-state index contributed by atoms with van der Waals surface area (Å²) in [7, 11) is 3.17. The maximum Gasteiger partial charge on any atom is 0.311 e. The molecule has 0 bridgehead atoms. The van der Waals surface area contributed by atoms with Crippen molar-refractivity contribution in [2.24, 2.45) is 11.3 Å². The average molecular weight is 559 g/mol. The molecule has 0 fully saturated rings. The van der Waals surface area contributed by atoms with Gasteiger partial charge in [0.05, 0.1) is 25.2 Å². The van der Waals surface area contributed by atoms with Crippen LogP contribution in [0.5, 0.6) is 11.5 Å². The molecule has 2 aromatic rings. The van der Waals surface area contributed by atoms with Crippen LogP contribution >= 0.6 is 12.2 Å². The van der Waals surface area contributed by atoms with Gasteiger partial charge in [0.25, 0.3) is 0 Å². The first-order chi connectivity index (χ1) is 18.3. The first-order valence-electron chi connectivity index (χ1n) is 13.4. The van der Waals surface area contributed by atoms with Gasteiger partial charge in [-0.1, -0.05) is 58.0 Å². The quantitative estimate of drug-likeness (QED) is 0.179. The van der Waals surface area contributed by atoms with Crippen molar-refractivity contribution in [3.8, 4) is 11.5 Å². The Bertz CT molecular complexity index is 1070. The molecular weight excluding hydrogens is 512 g/mol. The average Bonchev–Trinajstić information content (AvgIpc) is 2.89. The van der Waals surface area contributed by atoms with Gasteiger partial charge >= 0.3 is 5.97 Å². The van der Waals surface area contributed by atoms with Crippen LogP contribution in [0.1, 0.15) is 77.6 Å². The summed E-state index contributed by atoms with van der Waals surface area (Å²) in [6.07, 6.45) is 0.804. The van der Waals surface area contributed by atoms with E-state index in [4.69, 9.17) is 31.2 Å². The predicted molar refractivity (Wildman–Crippen MR) is 160 cm³/mol. The van der Waals surface area contributed by atoms with E-state index in [2.05, 4.69) is 62.6 Å². The molecule has 216 valence electrons. The number of carbonyl (C=O) groups excluding carboxylic acids is 1. The van der Waals surface area contributed by atoms with Gasteiger partial charge in [-0.15, -0.1) is 0 Å². The Kier molecular flexibility index (Phi) is 12.1. The molecule has 2 N–H and O–H groups in total. The maximum atomic E-state index is 12.5. The Morgan fingerprint density at radius 1 is 0.974 bits per heavy atom. The first-order valence-corrected chi connectivity index (χ1v) is 13.8. The molecule has 0 aliphatic carbocycles. The van der Waals surface area contributed by atoms with Crippen molar-refractivity contribution >= 4 is 23.3 Å². The van der Waals surface area contributed by atoms with Crippen LogP contribution in [-0.2, 0) is 26.2 Å². The van der Waals surface area contributed by atoms with Gasteiger partial charge in [0.2, 0.25) is 0 Å². The molecule has 2 unspecified atom stereocenters. The van der Waals surface area contributed by atoms with Crippen molar-refractivity contribution in [3.05, 3.63) is 59.2 Å². The highest BCUT2D eigenvalue weighted by Crippen LogP contribution is 2.30. The van der Waals surface area contributed by atoms with Crippen molar-refractivity contribution in [1.82, 2.24) is 10.6 Å². The minimum Gasteiger partial charge on any atom is -0.493 e. The Hall–Kier alpha value is -2.84. The van der Waals surface area contributed by atoms with Crippen molar-refractivity contribution in [2.75, 3.05) is 27.6 Å². The van der Waals surface area contributed by atoms with Crippen LogP contribution in [0, 0.1) is 11.3 Å². The Labute approximate surface area is 239 Å². The van der Waals surface area contributed by atoms with Gasteiger partial charge < -0.3 is 29.6 Å². The highest BCUT2D eigenvalue weighted by Gasteiger charge is 2.28. The standard InChI is InChI=1S/C31H46N2O5S/c1-10-22(19-37-28(34)31(5,6)7)27(23-12-14-24(15-13-23)30(2,3)4)33-29(39)32-18-21-11-16-25(38-20-35-8)26(17-21)36-9/h11-17,22,27H,10,18-20H2,1-9H3,(H2,32,33,39). The molecule has 39 heavy (non-hydrogen) atoms. The molecule has 0 aromatic heterocycles. The van der Waals surface area contributed by atoms with Crippen LogP contribution in [-0.4, -0.2) is 38.7 Å². The van der Waals surface area contributed by atoms with Crippen LogP contribution < -0.4 is 20.1 Å². The molecule has 0 amide bonds. The van der Waals surface area contributed by atoms with Gasteiger partial charge in [-0.25, -0.2) is 0 Å². The molecule has 0 saturated heterocycles. The third kappa shape index (κ3) is 10.0. The molecule has 0 saturated carbocycles. The number of methoxy groups -OCH3 is 2. The zero-order valence-corrected chi connectivity index (χ0v) is 25.8. The number of esters is 1. The zero-order chi connectivity index (χ0) is 29.2. The van der Waals surface area contributed by atoms with E-state index in [1.165, 1.54) is 5.56 Å². The number of benzene rings is 2. The van der Waals surface area contributed by atoms with Gasteiger partial charge in [-0.05, 0) is 73.6 Å². The fourth-order valence-electron chi connectivity index (χ4n) is 3.95. The molecule has 0 heterocycles. The van der Waals surface area contributed by atoms with Gasteiger partial charge in [-0.2, -0.15) is 0 Å². The van der Waals surface area contributed by atoms with E-state index >= 15 is 0 Å². The number of ether oxygens (including phenoxy) is 4. The summed E-state index contributed by atoms with van der Waals surface area (Å²) >= 11 is 5.72. The van der Waals surface area contributed by atoms with Crippen LogP contribution in [0.2, 0.25) is 0 Å². The number of rotatable bonds is 12. The number of hydrogen-bond donors (Lipinski definition) is 2. The van der Waals surface area contributed by atoms with Crippen LogP contribution in [0.25, 0.3) is 0 Å². The minimum atomic E-state index is -0.558. The molecule has 7 nitrogen and oxygen atoms in total. The van der Waals surface area contributed by atoms with Crippen LogP contribution in [0.4, 0.5) is 0 Å². The monoisotopic (exact) mass is 558 g/mol. The second-order valence-electron chi connectivity index (χ2n) is 11.7. The minimum absolute atomic E-state index is 0.0221.